The van der Waals surface area contributed by atoms with Crippen molar-refractivity contribution in [3.63, 3.8) is 0 Å². The van der Waals surface area contributed by atoms with Gasteiger partial charge in [0.25, 0.3) is 0 Å². The van der Waals surface area contributed by atoms with Crippen LogP contribution in [0.2, 0.25) is 0 Å². The molecule has 0 saturated carbocycles. The molecule has 0 amide bonds. The molecule has 2 aliphatic rings. The van der Waals surface area contributed by atoms with Gasteiger partial charge in [-0.2, -0.15) is 0 Å². The van der Waals surface area contributed by atoms with Gasteiger partial charge in [0.05, 0.1) is 0 Å². The molecule has 0 bridgehead atoms. The van der Waals surface area contributed by atoms with Gasteiger partial charge in [-0.1, -0.05) is 0 Å². The molecule has 0 aromatic carbocycles. The second kappa shape index (κ2) is 7.06. The van der Waals surface area contributed by atoms with Gasteiger partial charge in [0, 0.05) is 29.2 Å². The summed E-state index contributed by atoms with van der Waals surface area (Å²) in [4.78, 5) is 23.9. The molecule has 0 unspecified atom stereocenters. The van der Waals surface area contributed by atoms with Crippen molar-refractivity contribution in [1.29, 1.82) is 0 Å². The van der Waals surface area contributed by atoms with Crippen LogP contribution in [0, 0.1) is 0 Å². The molecule has 0 aliphatic heterocycles. The molecule has 22 heavy (non-hydrogen) atoms. The number of hydrogen-bond acceptors (Lipinski definition) is 4. The number of anilines is 1. The Labute approximate surface area is 128 Å². The minimum absolute atomic E-state index is 0.558. The van der Waals surface area contributed by atoms with Gasteiger partial charge in [-0.15, -0.1) is 0 Å². The average Bonchev–Trinajstić information content (AvgIpc) is 2.95. The summed E-state index contributed by atoms with van der Waals surface area (Å²) in [5, 5.41) is 15.6. The van der Waals surface area contributed by atoms with Crippen LogP contribution in [0.1, 0.15) is 41.8 Å². The first-order valence-electron chi connectivity index (χ1n) is 7.42. The highest BCUT2D eigenvalue weighted by Gasteiger charge is 2.22. The first kappa shape index (κ1) is 16.0. The number of rotatable bonds is 2. The summed E-state index contributed by atoms with van der Waals surface area (Å²) in [5.74, 6) is -2.51. The molecule has 1 aromatic rings. The van der Waals surface area contributed by atoms with E-state index < -0.39 is 11.9 Å². The van der Waals surface area contributed by atoms with Gasteiger partial charge in [-0.3, -0.25) is 4.98 Å². The Hall–Kier alpha value is -2.37. The second-order valence-corrected chi connectivity index (χ2v) is 5.45. The topological polar surface area (TPSA) is 114 Å². The third kappa shape index (κ3) is 3.84. The van der Waals surface area contributed by atoms with Gasteiger partial charge in [-0.25, -0.2) is 9.59 Å². The number of nitrogens with zero attached hydrogens (tertiary/aromatic N) is 1. The molecule has 0 radical (unpaired) electrons. The summed E-state index contributed by atoms with van der Waals surface area (Å²) in [6.45, 7) is 0. The molecule has 6 heteroatoms. The molecule has 3 rings (SSSR count). The fraction of sp³-hybridized carbons (Fsp3) is 0.438. The van der Waals surface area contributed by atoms with Crippen LogP contribution < -0.4 is 5.73 Å². The zero-order valence-electron chi connectivity index (χ0n) is 12.3. The maximum absolute atomic E-state index is 9.55. The summed E-state index contributed by atoms with van der Waals surface area (Å²) in [5.41, 5.74) is 12.6. The van der Waals surface area contributed by atoms with Crippen LogP contribution >= 0.6 is 0 Å². The van der Waals surface area contributed by atoms with Crippen LogP contribution in [0.15, 0.2) is 12.2 Å². The Morgan fingerprint density at radius 1 is 0.864 bits per heavy atom. The number of carboxylic acid groups (broad SMARTS) is 2. The number of carbonyl (C=O) groups is 2. The predicted octanol–water partition coefficient (Wildman–Crippen LogP) is 1.74. The SMILES string of the molecule is Nc1c2c(nc3c1CCC3)CCCC2.O=C(O)/C=C\C(=O)O. The van der Waals surface area contributed by atoms with E-state index in [1.54, 1.807) is 0 Å². The van der Waals surface area contributed by atoms with E-state index in [1.165, 1.54) is 41.8 Å². The molecular formula is C16H20N2O4. The lowest BCUT2D eigenvalue weighted by atomic mass is 9.92. The Kier molecular flexibility index (Phi) is 5.14. The minimum Gasteiger partial charge on any atom is -0.478 e. The van der Waals surface area contributed by atoms with Gasteiger partial charge < -0.3 is 15.9 Å². The van der Waals surface area contributed by atoms with E-state index in [9.17, 15) is 9.59 Å². The summed E-state index contributed by atoms with van der Waals surface area (Å²) in [6.07, 6.45) is 9.54. The first-order valence-corrected chi connectivity index (χ1v) is 7.42. The summed E-state index contributed by atoms with van der Waals surface area (Å²) in [7, 11) is 0. The van der Waals surface area contributed by atoms with Gasteiger partial charge in [0.1, 0.15) is 0 Å². The lowest BCUT2D eigenvalue weighted by molar-refractivity contribution is -0.134. The van der Waals surface area contributed by atoms with Crippen molar-refractivity contribution >= 4 is 17.6 Å². The Bertz CT molecular complexity index is 607. The van der Waals surface area contributed by atoms with Crippen molar-refractivity contribution in [3.8, 4) is 0 Å². The van der Waals surface area contributed by atoms with Crippen molar-refractivity contribution in [3.05, 3.63) is 34.7 Å². The molecule has 0 fully saturated rings. The van der Waals surface area contributed by atoms with Crippen molar-refractivity contribution in [1.82, 2.24) is 4.98 Å². The second-order valence-electron chi connectivity index (χ2n) is 5.45. The standard InChI is InChI=1S/C12H16N2.C4H4O4/c13-12-8-4-1-2-6-10(8)14-11-7-3-5-9(11)12;5-3(6)1-2-4(7)8/h1-7H2,(H2,13,14);1-2H,(H,5,6)(H,7,8)/b;2-1-. The van der Waals surface area contributed by atoms with E-state index >= 15 is 0 Å². The highest BCUT2D eigenvalue weighted by atomic mass is 16.4. The van der Waals surface area contributed by atoms with Gasteiger partial charge >= 0.3 is 11.9 Å². The molecule has 0 saturated heterocycles. The zero-order valence-corrected chi connectivity index (χ0v) is 12.3. The number of carboxylic acids is 2. The molecule has 118 valence electrons. The number of hydrogen-bond donors (Lipinski definition) is 3. The summed E-state index contributed by atoms with van der Waals surface area (Å²) in [6, 6.07) is 0. The van der Waals surface area contributed by atoms with Gasteiger partial charge in [0.15, 0.2) is 0 Å². The smallest absolute Gasteiger partial charge is 0.328 e. The highest BCUT2D eigenvalue weighted by Crippen LogP contribution is 2.33. The highest BCUT2D eigenvalue weighted by molar-refractivity contribution is 5.89. The van der Waals surface area contributed by atoms with Crippen molar-refractivity contribution < 1.29 is 19.8 Å². The zero-order chi connectivity index (χ0) is 16.1. The lowest BCUT2D eigenvalue weighted by Gasteiger charge is -2.19. The van der Waals surface area contributed by atoms with Gasteiger partial charge in [-0.05, 0) is 56.1 Å². The Morgan fingerprint density at radius 3 is 1.86 bits per heavy atom. The molecule has 1 aromatic heterocycles. The van der Waals surface area contributed by atoms with Crippen LogP contribution in [0.4, 0.5) is 5.69 Å². The molecule has 2 aliphatic carbocycles. The van der Waals surface area contributed by atoms with E-state index in [-0.39, 0.29) is 0 Å². The first-order chi connectivity index (χ1) is 10.5. The van der Waals surface area contributed by atoms with E-state index in [0.717, 1.165) is 31.4 Å². The number of aromatic nitrogens is 1. The summed E-state index contributed by atoms with van der Waals surface area (Å²) < 4.78 is 0. The number of nitrogen functional groups attached to an aromatic ring is 1. The fourth-order valence-electron chi connectivity index (χ4n) is 2.93. The average molecular weight is 304 g/mol. The monoisotopic (exact) mass is 304 g/mol. The van der Waals surface area contributed by atoms with Crippen LogP contribution in [-0.4, -0.2) is 27.1 Å². The van der Waals surface area contributed by atoms with Crippen molar-refractivity contribution in [2.45, 2.75) is 44.9 Å². The van der Waals surface area contributed by atoms with E-state index in [2.05, 4.69) is 0 Å². The largest absolute Gasteiger partial charge is 0.478 e. The third-order valence-corrected chi connectivity index (χ3v) is 3.92. The predicted molar refractivity (Wildman–Crippen MR) is 81.7 cm³/mol. The number of nitrogens with two attached hydrogens (primary N) is 1. The maximum Gasteiger partial charge on any atom is 0.328 e. The van der Waals surface area contributed by atoms with E-state index in [1.807, 2.05) is 0 Å². The van der Waals surface area contributed by atoms with Crippen LogP contribution in [0.25, 0.3) is 0 Å². The third-order valence-electron chi connectivity index (χ3n) is 3.92. The lowest BCUT2D eigenvalue weighted by Crippen LogP contribution is -2.12. The normalized spacial score (nSPS) is 15.6. The molecule has 6 nitrogen and oxygen atoms in total. The number of pyridine rings is 1. The van der Waals surface area contributed by atoms with E-state index in [4.69, 9.17) is 20.9 Å². The molecule has 0 atom stereocenters. The fourth-order valence-corrected chi connectivity index (χ4v) is 2.93. The molecule has 1 heterocycles. The van der Waals surface area contributed by atoms with Gasteiger partial charge in [0.2, 0.25) is 0 Å². The van der Waals surface area contributed by atoms with E-state index in [0.29, 0.717) is 12.2 Å². The number of fused-ring (bicyclic) bond motifs is 2. The van der Waals surface area contributed by atoms with Crippen molar-refractivity contribution in [2.24, 2.45) is 0 Å². The number of aliphatic carboxylic acids is 2. The quantitative estimate of drug-likeness (QED) is 0.717. The van der Waals surface area contributed by atoms with Crippen LogP contribution in [0.3, 0.4) is 0 Å². The minimum atomic E-state index is -1.26. The van der Waals surface area contributed by atoms with Crippen LogP contribution in [0.5, 0.6) is 0 Å². The number of aryl methyl sites for hydroxylation is 2. The Morgan fingerprint density at radius 2 is 1.32 bits per heavy atom. The Balaban J connectivity index is 0.000000192. The summed E-state index contributed by atoms with van der Waals surface area (Å²) >= 11 is 0. The molecule has 0 spiro atoms. The van der Waals surface area contributed by atoms with Crippen molar-refractivity contribution in [2.75, 3.05) is 5.73 Å². The maximum atomic E-state index is 9.55. The van der Waals surface area contributed by atoms with Crippen LogP contribution in [-0.2, 0) is 35.3 Å². The molecule has 4 N–H and O–H groups in total. The molecular weight excluding hydrogens is 284 g/mol.